The van der Waals surface area contributed by atoms with Crippen molar-refractivity contribution in [2.45, 2.75) is 0 Å². The number of rotatable bonds is 6. The van der Waals surface area contributed by atoms with E-state index >= 15 is 0 Å². The minimum absolute atomic E-state index is 0.0337. The number of nitrogens with one attached hydrogen (secondary N) is 1. The third kappa shape index (κ3) is 3.84. The number of nitrogens with zero attached hydrogens (tertiary/aromatic N) is 3. The fourth-order valence-corrected chi connectivity index (χ4v) is 3.27. The second-order valence-electron chi connectivity index (χ2n) is 6.72. The average molecular weight is 416 g/mol. The van der Waals surface area contributed by atoms with Gasteiger partial charge in [-0.2, -0.15) is 0 Å². The molecule has 0 saturated carbocycles. The van der Waals surface area contributed by atoms with Crippen LogP contribution in [-0.2, 0) is 4.79 Å². The van der Waals surface area contributed by atoms with E-state index in [4.69, 9.17) is 0 Å². The summed E-state index contributed by atoms with van der Waals surface area (Å²) in [4.78, 5) is 49.1. The summed E-state index contributed by atoms with van der Waals surface area (Å²) in [5.74, 6) is -2.02. The van der Waals surface area contributed by atoms with E-state index in [1.807, 2.05) is 36.4 Å². The third-order valence-corrected chi connectivity index (χ3v) is 4.73. The van der Waals surface area contributed by atoms with E-state index in [9.17, 15) is 24.5 Å². The zero-order valence-corrected chi connectivity index (χ0v) is 16.1. The van der Waals surface area contributed by atoms with Gasteiger partial charge in [-0.25, -0.2) is 0 Å². The Kier molecular flexibility index (Phi) is 5.15. The van der Waals surface area contributed by atoms with Crippen LogP contribution < -0.4 is 10.4 Å². The summed E-state index contributed by atoms with van der Waals surface area (Å²) in [6.45, 7) is -0.531. The first-order valence-electron chi connectivity index (χ1n) is 9.30. The van der Waals surface area contributed by atoms with Gasteiger partial charge in [0.05, 0.1) is 27.4 Å². The highest BCUT2D eigenvalue weighted by Crippen LogP contribution is 2.27. The molecule has 9 nitrogen and oxygen atoms in total. The van der Waals surface area contributed by atoms with Crippen LogP contribution in [0.25, 0.3) is 0 Å². The Morgan fingerprint density at radius 2 is 1.42 bits per heavy atom. The van der Waals surface area contributed by atoms with Gasteiger partial charge in [-0.05, 0) is 30.3 Å². The zero-order chi connectivity index (χ0) is 22.0. The minimum Gasteiger partial charge on any atom is -0.271 e. The molecular formula is C22H16N4O5. The quantitative estimate of drug-likeness (QED) is 0.375. The molecule has 0 aromatic heterocycles. The minimum atomic E-state index is -0.746. The Hall–Kier alpha value is -4.53. The number of amides is 3. The van der Waals surface area contributed by atoms with E-state index in [1.165, 1.54) is 6.07 Å². The van der Waals surface area contributed by atoms with Crippen molar-refractivity contribution in [1.29, 1.82) is 0 Å². The number of non-ortho nitro benzene ring substituents is 1. The molecule has 0 saturated heterocycles. The van der Waals surface area contributed by atoms with Crippen molar-refractivity contribution in [1.82, 2.24) is 10.3 Å². The molecule has 0 aliphatic carbocycles. The van der Waals surface area contributed by atoms with Crippen LogP contribution in [0.2, 0.25) is 0 Å². The number of nitro groups is 1. The van der Waals surface area contributed by atoms with Gasteiger partial charge in [-0.1, -0.05) is 36.4 Å². The zero-order valence-electron chi connectivity index (χ0n) is 16.1. The lowest BCUT2D eigenvalue weighted by Crippen LogP contribution is -2.46. The number of fused-ring (bicyclic) bond motifs is 1. The normalized spacial score (nSPS) is 12.5. The highest BCUT2D eigenvalue weighted by molar-refractivity contribution is 6.22. The molecule has 0 spiro atoms. The first-order valence-corrected chi connectivity index (χ1v) is 9.30. The fraction of sp³-hybridized carbons (Fsp3) is 0.0455. The van der Waals surface area contributed by atoms with Crippen LogP contribution in [0, 0.1) is 10.1 Å². The van der Waals surface area contributed by atoms with Crippen molar-refractivity contribution >= 4 is 34.8 Å². The standard InChI is InChI=1S/C22H16N4O5/c27-20(23-25(15-7-3-1-4-8-15)16-9-5-2-6-10-16)14-24-21(28)18-12-11-17(26(30)31)13-19(18)22(24)29/h1-13H,14H2,(H,23,27). The molecule has 154 valence electrons. The van der Waals surface area contributed by atoms with Crippen molar-refractivity contribution in [3.63, 3.8) is 0 Å². The van der Waals surface area contributed by atoms with Crippen LogP contribution in [-0.4, -0.2) is 34.1 Å². The van der Waals surface area contributed by atoms with Crippen LogP contribution >= 0.6 is 0 Å². The summed E-state index contributed by atoms with van der Waals surface area (Å²) < 4.78 is 0. The number of hydrogen-bond donors (Lipinski definition) is 1. The predicted octanol–water partition coefficient (Wildman–Crippen LogP) is 3.06. The summed E-state index contributed by atoms with van der Waals surface area (Å²) in [5.41, 5.74) is 3.72. The van der Waals surface area contributed by atoms with Gasteiger partial charge in [-0.3, -0.25) is 39.8 Å². The summed E-state index contributed by atoms with van der Waals surface area (Å²) in [6.07, 6.45) is 0. The van der Waals surface area contributed by atoms with Crippen molar-refractivity contribution in [2.24, 2.45) is 0 Å². The van der Waals surface area contributed by atoms with Crippen LogP contribution in [0.1, 0.15) is 20.7 Å². The van der Waals surface area contributed by atoms with Crippen LogP contribution in [0.4, 0.5) is 17.1 Å². The first kappa shape index (κ1) is 19.8. The number of nitro benzene ring substituents is 1. The fourth-order valence-electron chi connectivity index (χ4n) is 3.27. The molecule has 0 fully saturated rings. The number of hydrazine groups is 1. The molecule has 9 heteroatoms. The summed E-state index contributed by atoms with van der Waals surface area (Å²) in [5, 5.41) is 12.5. The molecule has 0 radical (unpaired) electrons. The SMILES string of the molecule is O=C(CN1C(=O)c2ccc([N+](=O)[O-])cc2C1=O)NN(c1ccccc1)c1ccccc1. The molecule has 1 aliphatic rings. The molecule has 31 heavy (non-hydrogen) atoms. The van der Waals surface area contributed by atoms with Crippen LogP contribution in [0.5, 0.6) is 0 Å². The van der Waals surface area contributed by atoms with Crippen LogP contribution in [0.15, 0.2) is 78.9 Å². The number of carbonyl (C=O) groups excluding carboxylic acids is 3. The summed E-state index contributed by atoms with van der Waals surface area (Å²) >= 11 is 0. The number of para-hydroxylation sites is 2. The molecule has 1 aliphatic heterocycles. The lowest BCUT2D eigenvalue weighted by molar-refractivity contribution is -0.384. The second kappa shape index (κ2) is 8.07. The van der Waals surface area contributed by atoms with Gasteiger partial charge in [0.1, 0.15) is 6.54 Å². The molecule has 0 unspecified atom stereocenters. The van der Waals surface area contributed by atoms with Gasteiger partial charge >= 0.3 is 0 Å². The van der Waals surface area contributed by atoms with Crippen molar-refractivity contribution in [2.75, 3.05) is 11.6 Å². The van der Waals surface area contributed by atoms with Gasteiger partial charge in [0.2, 0.25) is 0 Å². The molecule has 0 atom stereocenters. The molecule has 3 amide bonds. The van der Waals surface area contributed by atoms with Crippen LogP contribution in [0.3, 0.4) is 0 Å². The third-order valence-electron chi connectivity index (χ3n) is 4.73. The van der Waals surface area contributed by atoms with Gasteiger partial charge in [0.15, 0.2) is 0 Å². The average Bonchev–Trinajstić information content (AvgIpc) is 3.03. The lowest BCUT2D eigenvalue weighted by atomic mass is 10.1. The molecule has 3 aromatic rings. The number of carbonyl (C=O) groups is 3. The molecule has 0 bridgehead atoms. The molecular weight excluding hydrogens is 400 g/mol. The smallest absolute Gasteiger partial charge is 0.270 e. The first-order chi connectivity index (χ1) is 15.0. The van der Waals surface area contributed by atoms with Gasteiger partial charge < -0.3 is 0 Å². The highest BCUT2D eigenvalue weighted by Gasteiger charge is 2.38. The maximum atomic E-state index is 12.8. The van der Waals surface area contributed by atoms with E-state index in [-0.39, 0.29) is 16.8 Å². The topological polar surface area (TPSA) is 113 Å². The number of benzene rings is 3. The summed E-state index contributed by atoms with van der Waals surface area (Å²) in [7, 11) is 0. The van der Waals surface area contributed by atoms with E-state index < -0.39 is 29.2 Å². The second-order valence-corrected chi connectivity index (χ2v) is 6.72. The number of anilines is 2. The van der Waals surface area contributed by atoms with E-state index in [0.717, 1.165) is 17.0 Å². The van der Waals surface area contributed by atoms with Gasteiger partial charge in [0.25, 0.3) is 23.4 Å². The van der Waals surface area contributed by atoms with Crippen molar-refractivity contribution in [3.8, 4) is 0 Å². The Balaban J connectivity index is 1.55. The molecule has 1 heterocycles. The van der Waals surface area contributed by atoms with E-state index in [2.05, 4.69) is 5.43 Å². The maximum absolute atomic E-state index is 12.8. The molecule has 3 aromatic carbocycles. The Bertz CT molecular complexity index is 1140. The Morgan fingerprint density at radius 3 is 1.97 bits per heavy atom. The number of hydrogen-bond acceptors (Lipinski definition) is 6. The van der Waals surface area contributed by atoms with Crippen molar-refractivity contribution in [3.05, 3.63) is 100 Å². The molecule has 4 rings (SSSR count). The predicted molar refractivity (Wildman–Crippen MR) is 112 cm³/mol. The molecule has 1 N–H and O–H groups in total. The van der Waals surface area contributed by atoms with E-state index in [1.54, 1.807) is 29.3 Å². The maximum Gasteiger partial charge on any atom is 0.270 e. The highest BCUT2D eigenvalue weighted by atomic mass is 16.6. The van der Waals surface area contributed by atoms with E-state index in [0.29, 0.717) is 11.4 Å². The number of imide groups is 1. The summed E-state index contributed by atoms with van der Waals surface area (Å²) in [6, 6.07) is 21.6. The monoisotopic (exact) mass is 416 g/mol. The largest absolute Gasteiger partial charge is 0.271 e. The van der Waals surface area contributed by atoms with Crippen molar-refractivity contribution < 1.29 is 19.3 Å². The Morgan fingerprint density at radius 1 is 0.871 bits per heavy atom. The van der Waals surface area contributed by atoms with Gasteiger partial charge in [-0.15, -0.1) is 0 Å². The Labute approximate surface area is 176 Å². The van der Waals surface area contributed by atoms with Gasteiger partial charge in [0, 0.05) is 12.1 Å². The lowest BCUT2D eigenvalue weighted by Gasteiger charge is -2.26.